The number of unbranched alkanes of at least 4 members (excludes halogenated alkanes) is 2. The third-order valence-electron chi connectivity index (χ3n) is 3.55. The molecule has 1 amide bonds. The Morgan fingerprint density at radius 2 is 1.78 bits per heavy atom. The Labute approximate surface area is 137 Å². The number of benzene rings is 1. The zero-order valence-corrected chi connectivity index (χ0v) is 13.8. The quantitative estimate of drug-likeness (QED) is 0.734. The predicted octanol–water partition coefficient (Wildman–Crippen LogP) is 3.32. The molecular weight excluding hydrogens is 288 g/mol. The Bertz CT molecular complexity index is 608. The fourth-order valence-electron chi connectivity index (χ4n) is 2.10. The van der Waals surface area contributed by atoms with Crippen molar-refractivity contribution in [2.75, 3.05) is 11.9 Å². The summed E-state index contributed by atoms with van der Waals surface area (Å²) in [6, 6.07) is 8.29. The lowest BCUT2D eigenvalue weighted by atomic mass is 10.1. The molecule has 0 saturated heterocycles. The van der Waals surface area contributed by atoms with E-state index in [9.17, 15) is 4.79 Å². The molecule has 1 heterocycles. The second-order valence-electron chi connectivity index (χ2n) is 5.60. The average Bonchev–Trinajstić information content (AvgIpc) is 2.58. The summed E-state index contributed by atoms with van der Waals surface area (Å²) in [6.07, 6.45) is 6.37. The second-order valence-corrected chi connectivity index (χ2v) is 5.60. The minimum atomic E-state index is -0.119. The summed E-state index contributed by atoms with van der Waals surface area (Å²) in [6.45, 7) is 5.55. The normalized spacial score (nSPS) is 10.3. The smallest absolute Gasteiger partial charge is 0.254 e. The van der Waals surface area contributed by atoms with Gasteiger partial charge in [0.2, 0.25) is 5.95 Å². The van der Waals surface area contributed by atoms with Crippen molar-refractivity contribution in [2.45, 2.75) is 39.7 Å². The molecule has 0 aliphatic rings. The fourth-order valence-corrected chi connectivity index (χ4v) is 2.10. The van der Waals surface area contributed by atoms with E-state index in [1.165, 1.54) is 5.56 Å². The van der Waals surface area contributed by atoms with E-state index in [0.29, 0.717) is 24.6 Å². The summed E-state index contributed by atoms with van der Waals surface area (Å²) in [5.74, 6) is 0.402. The van der Waals surface area contributed by atoms with E-state index in [2.05, 4.69) is 58.7 Å². The van der Waals surface area contributed by atoms with Crippen LogP contribution in [0.2, 0.25) is 0 Å². The predicted molar refractivity (Wildman–Crippen MR) is 92.4 cm³/mol. The molecule has 0 bridgehead atoms. The first-order valence-corrected chi connectivity index (χ1v) is 8.08. The van der Waals surface area contributed by atoms with Crippen LogP contribution in [0.3, 0.4) is 0 Å². The molecule has 0 unspecified atom stereocenters. The maximum absolute atomic E-state index is 11.9. The van der Waals surface area contributed by atoms with Crippen LogP contribution in [-0.2, 0) is 6.54 Å². The Balaban J connectivity index is 1.81. The number of rotatable bonds is 8. The zero-order valence-electron chi connectivity index (χ0n) is 13.8. The van der Waals surface area contributed by atoms with E-state index in [0.717, 1.165) is 24.8 Å². The molecule has 0 fully saturated rings. The van der Waals surface area contributed by atoms with Crippen molar-refractivity contribution in [3.8, 4) is 0 Å². The Morgan fingerprint density at radius 1 is 1.09 bits per heavy atom. The number of nitrogens with zero attached hydrogens (tertiary/aromatic N) is 2. The summed E-state index contributed by atoms with van der Waals surface area (Å²) >= 11 is 0. The molecule has 0 radical (unpaired) electrons. The third-order valence-corrected chi connectivity index (χ3v) is 3.55. The molecule has 0 atom stereocenters. The van der Waals surface area contributed by atoms with Gasteiger partial charge in [-0.15, -0.1) is 0 Å². The van der Waals surface area contributed by atoms with Crippen molar-refractivity contribution < 1.29 is 4.79 Å². The standard InChI is InChI=1S/C18H24N4O/c1-3-4-5-10-19-17(23)16-12-21-18(22-13-16)20-11-15-8-6-14(2)7-9-15/h6-9,12-13H,3-5,10-11H2,1-2H3,(H,19,23)(H,20,21,22). The highest BCUT2D eigenvalue weighted by Crippen LogP contribution is 2.06. The first kappa shape index (κ1) is 16.9. The van der Waals surface area contributed by atoms with Crippen LogP contribution in [0.15, 0.2) is 36.7 Å². The molecule has 2 N–H and O–H groups in total. The van der Waals surface area contributed by atoms with Gasteiger partial charge in [0.05, 0.1) is 5.56 Å². The number of aryl methyl sites for hydroxylation is 1. The average molecular weight is 312 g/mol. The van der Waals surface area contributed by atoms with Crippen LogP contribution < -0.4 is 10.6 Å². The number of aromatic nitrogens is 2. The van der Waals surface area contributed by atoms with Gasteiger partial charge in [-0.3, -0.25) is 4.79 Å². The first-order chi connectivity index (χ1) is 11.2. The Kier molecular flexibility index (Phi) is 6.54. The summed E-state index contributed by atoms with van der Waals surface area (Å²) in [5.41, 5.74) is 2.89. The molecule has 23 heavy (non-hydrogen) atoms. The van der Waals surface area contributed by atoms with Crippen LogP contribution in [0.25, 0.3) is 0 Å². The number of anilines is 1. The van der Waals surface area contributed by atoms with Crippen LogP contribution in [0, 0.1) is 6.92 Å². The molecular formula is C18H24N4O. The molecule has 2 rings (SSSR count). The molecule has 5 nitrogen and oxygen atoms in total. The maximum atomic E-state index is 11.9. The highest BCUT2D eigenvalue weighted by Gasteiger charge is 2.06. The minimum absolute atomic E-state index is 0.119. The summed E-state index contributed by atoms with van der Waals surface area (Å²) in [7, 11) is 0. The van der Waals surface area contributed by atoms with E-state index in [1.807, 2.05) is 0 Å². The van der Waals surface area contributed by atoms with E-state index in [1.54, 1.807) is 12.4 Å². The van der Waals surface area contributed by atoms with Crippen LogP contribution in [-0.4, -0.2) is 22.4 Å². The van der Waals surface area contributed by atoms with Gasteiger partial charge in [0.15, 0.2) is 0 Å². The molecule has 122 valence electrons. The number of carbonyl (C=O) groups is 1. The lowest BCUT2D eigenvalue weighted by Crippen LogP contribution is -2.24. The van der Waals surface area contributed by atoms with Crippen LogP contribution in [0.1, 0.15) is 47.7 Å². The van der Waals surface area contributed by atoms with Crippen molar-refractivity contribution in [2.24, 2.45) is 0 Å². The Hall–Kier alpha value is -2.43. The minimum Gasteiger partial charge on any atom is -0.352 e. The van der Waals surface area contributed by atoms with Crippen LogP contribution in [0.5, 0.6) is 0 Å². The zero-order chi connectivity index (χ0) is 16.5. The maximum Gasteiger partial charge on any atom is 0.254 e. The van der Waals surface area contributed by atoms with Crippen molar-refractivity contribution in [3.05, 3.63) is 53.3 Å². The number of hydrogen-bond acceptors (Lipinski definition) is 4. The largest absolute Gasteiger partial charge is 0.352 e. The second kappa shape index (κ2) is 8.88. The molecule has 1 aromatic heterocycles. The lowest BCUT2D eigenvalue weighted by Gasteiger charge is -2.07. The topological polar surface area (TPSA) is 66.9 Å². The molecule has 0 spiro atoms. The van der Waals surface area contributed by atoms with E-state index in [-0.39, 0.29) is 5.91 Å². The fraction of sp³-hybridized carbons (Fsp3) is 0.389. The van der Waals surface area contributed by atoms with Gasteiger partial charge >= 0.3 is 0 Å². The monoisotopic (exact) mass is 312 g/mol. The highest BCUT2D eigenvalue weighted by molar-refractivity contribution is 5.93. The highest BCUT2D eigenvalue weighted by atomic mass is 16.1. The molecule has 1 aromatic carbocycles. The van der Waals surface area contributed by atoms with Gasteiger partial charge in [-0.25, -0.2) is 9.97 Å². The van der Waals surface area contributed by atoms with Gasteiger partial charge in [-0.1, -0.05) is 49.6 Å². The Morgan fingerprint density at radius 3 is 2.43 bits per heavy atom. The molecule has 0 aliphatic carbocycles. The third kappa shape index (κ3) is 5.70. The van der Waals surface area contributed by atoms with Crippen molar-refractivity contribution in [1.82, 2.24) is 15.3 Å². The number of carbonyl (C=O) groups excluding carboxylic acids is 1. The van der Waals surface area contributed by atoms with Crippen molar-refractivity contribution in [3.63, 3.8) is 0 Å². The van der Waals surface area contributed by atoms with Gasteiger partial charge in [-0.05, 0) is 18.9 Å². The van der Waals surface area contributed by atoms with Crippen LogP contribution in [0.4, 0.5) is 5.95 Å². The van der Waals surface area contributed by atoms with Crippen molar-refractivity contribution in [1.29, 1.82) is 0 Å². The number of hydrogen-bond donors (Lipinski definition) is 2. The van der Waals surface area contributed by atoms with Gasteiger partial charge in [0.25, 0.3) is 5.91 Å². The SMILES string of the molecule is CCCCCNC(=O)c1cnc(NCc2ccc(C)cc2)nc1. The summed E-state index contributed by atoms with van der Waals surface area (Å²) in [4.78, 5) is 20.3. The van der Waals surface area contributed by atoms with Gasteiger partial charge in [0, 0.05) is 25.5 Å². The molecule has 5 heteroatoms. The molecule has 2 aromatic rings. The van der Waals surface area contributed by atoms with Gasteiger partial charge in [0.1, 0.15) is 0 Å². The van der Waals surface area contributed by atoms with Crippen LogP contribution >= 0.6 is 0 Å². The summed E-state index contributed by atoms with van der Waals surface area (Å²) < 4.78 is 0. The van der Waals surface area contributed by atoms with Crippen molar-refractivity contribution >= 4 is 11.9 Å². The van der Waals surface area contributed by atoms with Gasteiger partial charge in [-0.2, -0.15) is 0 Å². The lowest BCUT2D eigenvalue weighted by molar-refractivity contribution is 0.0952. The van der Waals surface area contributed by atoms with E-state index in [4.69, 9.17) is 0 Å². The van der Waals surface area contributed by atoms with E-state index < -0.39 is 0 Å². The first-order valence-electron chi connectivity index (χ1n) is 8.08. The molecule has 0 saturated carbocycles. The van der Waals surface area contributed by atoms with Gasteiger partial charge < -0.3 is 10.6 Å². The molecule has 0 aliphatic heterocycles. The number of nitrogens with one attached hydrogen (secondary N) is 2. The summed E-state index contributed by atoms with van der Waals surface area (Å²) in [5, 5.41) is 6.03. The van der Waals surface area contributed by atoms with E-state index >= 15 is 0 Å². The number of amides is 1.